The number of ketones is 1. The van der Waals surface area contributed by atoms with Gasteiger partial charge in [0.05, 0.1) is 11.6 Å². The fraction of sp³-hybridized carbons (Fsp3) is 0.529. The lowest BCUT2D eigenvalue weighted by Gasteiger charge is -2.25. The Bertz CT molecular complexity index is 1030. The number of aryl methyl sites for hydroxylation is 1. The summed E-state index contributed by atoms with van der Waals surface area (Å²) in [7, 11) is 0. The highest BCUT2D eigenvalue weighted by Crippen LogP contribution is 2.39. The molecule has 0 unspecified atom stereocenters. The minimum Gasteiger partial charge on any atom is -0.507 e. The van der Waals surface area contributed by atoms with E-state index in [2.05, 4.69) is 6.92 Å². The van der Waals surface area contributed by atoms with Gasteiger partial charge in [-0.3, -0.25) is 9.59 Å². The molecule has 0 radical (unpaired) electrons. The number of carbonyl (C=O) groups is 2. The lowest BCUT2D eigenvalue weighted by atomic mass is 9.95. The molecule has 206 valence electrons. The fourth-order valence-corrected chi connectivity index (χ4v) is 5.44. The van der Waals surface area contributed by atoms with E-state index >= 15 is 0 Å². The Balaban J connectivity index is 1.49. The summed E-state index contributed by atoms with van der Waals surface area (Å²) in [6.45, 7) is 4.76. The van der Waals surface area contributed by atoms with Crippen molar-refractivity contribution in [2.75, 3.05) is 6.54 Å². The van der Waals surface area contributed by atoms with Crippen molar-refractivity contribution >= 4 is 17.4 Å². The van der Waals surface area contributed by atoms with Gasteiger partial charge in [-0.1, -0.05) is 151 Å². The van der Waals surface area contributed by atoms with E-state index in [1.807, 2.05) is 49.4 Å². The summed E-state index contributed by atoms with van der Waals surface area (Å²) in [6.07, 6.45) is 17.8. The number of amides is 1. The number of aliphatic hydroxyl groups is 1. The Kier molecular flexibility index (Phi) is 12.6. The minimum atomic E-state index is -0.595. The van der Waals surface area contributed by atoms with Gasteiger partial charge in [0.2, 0.25) is 0 Å². The van der Waals surface area contributed by atoms with E-state index in [1.54, 1.807) is 17.0 Å². The van der Waals surface area contributed by atoms with Crippen molar-refractivity contribution < 1.29 is 14.7 Å². The predicted molar refractivity (Wildman–Crippen MR) is 157 cm³/mol. The molecule has 0 saturated carbocycles. The van der Waals surface area contributed by atoms with E-state index in [0.29, 0.717) is 12.1 Å². The van der Waals surface area contributed by atoms with Crippen molar-refractivity contribution in [3.8, 4) is 0 Å². The van der Waals surface area contributed by atoms with Crippen LogP contribution in [0.2, 0.25) is 0 Å². The molecule has 1 saturated heterocycles. The molecule has 1 heterocycles. The summed E-state index contributed by atoms with van der Waals surface area (Å²) >= 11 is 0. The zero-order valence-corrected chi connectivity index (χ0v) is 23.6. The van der Waals surface area contributed by atoms with Gasteiger partial charge in [-0.05, 0) is 18.9 Å². The Morgan fingerprint density at radius 3 is 1.74 bits per heavy atom. The molecular weight excluding hydrogens is 470 g/mol. The van der Waals surface area contributed by atoms with Crippen molar-refractivity contribution in [3.63, 3.8) is 0 Å². The van der Waals surface area contributed by atoms with E-state index in [1.165, 1.54) is 70.6 Å². The van der Waals surface area contributed by atoms with E-state index in [-0.39, 0.29) is 11.3 Å². The van der Waals surface area contributed by atoms with Crippen LogP contribution in [0.25, 0.3) is 5.76 Å². The molecule has 4 nitrogen and oxygen atoms in total. The van der Waals surface area contributed by atoms with Crippen LogP contribution >= 0.6 is 0 Å². The van der Waals surface area contributed by atoms with Crippen LogP contribution < -0.4 is 0 Å². The van der Waals surface area contributed by atoms with E-state index in [0.717, 1.165) is 30.4 Å². The molecule has 0 bridgehead atoms. The highest BCUT2D eigenvalue weighted by atomic mass is 16.3. The first-order valence-corrected chi connectivity index (χ1v) is 14.9. The van der Waals surface area contributed by atoms with Crippen molar-refractivity contribution in [1.82, 2.24) is 4.90 Å². The maximum atomic E-state index is 13.1. The van der Waals surface area contributed by atoms with Crippen LogP contribution in [0.1, 0.15) is 120 Å². The molecule has 4 heteroatoms. The molecule has 1 amide bonds. The smallest absolute Gasteiger partial charge is 0.295 e. The number of likely N-dealkylation sites (tertiary alicyclic amines) is 1. The maximum absolute atomic E-state index is 13.1. The van der Waals surface area contributed by atoms with Gasteiger partial charge in [0.15, 0.2) is 0 Å². The molecule has 1 aliphatic heterocycles. The molecule has 0 aromatic heterocycles. The number of carbonyl (C=O) groups excluding carboxylic acids is 2. The predicted octanol–water partition coefficient (Wildman–Crippen LogP) is 8.90. The lowest BCUT2D eigenvalue weighted by Crippen LogP contribution is -2.30. The Morgan fingerprint density at radius 1 is 0.711 bits per heavy atom. The third kappa shape index (κ3) is 8.58. The molecule has 2 aromatic carbocycles. The third-order valence-corrected chi connectivity index (χ3v) is 7.73. The molecule has 1 atom stereocenters. The van der Waals surface area contributed by atoms with Gasteiger partial charge < -0.3 is 10.0 Å². The molecule has 1 aliphatic rings. The number of hydrogen-bond donors (Lipinski definition) is 1. The zero-order chi connectivity index (χ0) is 27.2. The number of rotatable bonds is 17. The van der Waals surface area contributed by atoms with Crippen molar-refractivity contribution in [2.45, 2.75) is 110 Å². The summed E-state index contributed by atoms with van der Waals surface area (Å²) in [6, 6.07) is 16.4. The Hall–Kier alpha value is -2.88. The highest BCUT2D eigenvalue weighted by molar-refractivity contribution is 6.46. The number of Topliss-reactive ketones (excluding diaryl/α,β-unsaturated/α-hetero) is 1. The van der Waals surface area contributed by atoms with Gasteiger partial charge in [0.25, 0.3) is 11.7 Å². The number of unbranched alkanes of at least 4 members (excludes halogenated alkanes) is 13. The molecule has 38 heavy (non-hydrogen) atoms. The molecular formula is C34H47NO3. The first-order chi connectivity index (χ1) is 18.5. The van der Waals surface area contributed by atoms with Crippen LogP contribution in [-0.2, 0) is 9.59 Å². The normalized spacial score (nSPS) is 16.9. The summed E-state index contributed by atoms with van der Waals surface area (Å²) < 4.78 is 0. The average Bonchev–Trinajstić information content (AvgIpc) is 3.18. The van der Waals surface area contributed by atoms with Crippen LogP contribution in [0.15, 0.2) is 60.2 Å². The summed E-state index contributed by atoms with van der Waals surface area (Å²) in [5.74, 6) is -1.20. The number of benzene rings is 2. The van der Waals surface area contributed by atoms with Crippen molar-refractivity contribution in [1.29, 1.82) is 0 Å². The molecule has 1 N–H and O–H groups in total. The second-order valence-corrected chi connectivity index (χ2v) is 10.9. The standard InChI is InChI=1S/C34H47NO3/c1-3-4-5-6-7-8-9-10-11-12-13-14-15-19-26-35-31(28-20-17-16-18-21-28)30(33(37)34(35)38)32(36)29-24-22-27(2)23-25-29/h16-18,20-25,31,36H,3-15,19,26H2,1-2H3/t31-/m1/s1. The van der Waals surface area contributed by atoms with Gasteiger partial charge in [0, 0.05) is 12.1 Å². The SMILES string of the molecule is CCCCCCCCCCCCCCCCN1C(=O)C(=O)C(=C(O)c2ccc(C)cc2)[C@H]1c1ccccc1. The Labute approximate surface area is 230 Å². The summed E-state index contributed by atoms with van der Waals surface area (Å²) in [5.41, 5.74) is 2.67. The van der Waals surface area contributed by atoms with Gasteiger partial charge in [-0.15, -0.1) is 0 Å². The van der Waals surface area contributed by atoms with E-state index < -0.39 is 17.7 Å². The van der Waals surface area contributed by atoms with Gasteiger partial charge in [-0.2, -0.15) is 0 Å². The first kappa shape index (κ1) is 29.7. The van der Waals surface area contributed by atoms with Crippen LogP contribution in [0.3, 0.4) is 0 Å². The Morgan fingerprint density at radius 2 is 1.21 bits per heavy atom. The zero-order valence-electron chi connectivity index (χ0n) is 23.6. The number of nitrogens with zero attached hydrogens (tertiary/aromatic N) is 1. The second-order valence-electron chi connectivity index (χ2n) is 10.9. The third-order valence-electron chi connectivity index (χ3n) is 7.73. The average molecular weight is 518 g/mol. The maximum Gasteiger partial charge on any atom is 0.295 e. The summed E-state index contributed by atoms with van der Waals surface area (Å²) in [5, 5.41) is 11.1. The van der Waals surface area contributed by atoms with Crippen LogP contribution in [0, 0.1) is 6.92 Å². The monoisotopic (exact) mass is 517 g/mol. The van der Waals surface area contributed by atoms with Crippen LogP contribution in [0.4, 0.5) is 0 Å². The molecule has 0 aliphatic carbocycles. The number of hydrogen-bond acceptors (Lipinski definition) is 3. The molecule has 0 spiro atoms. The lowest BCUT2D eigenvalue weighted by molar-refractivity contribution is -0.139. The molecule has 2 aromatic rings. The first-order valence-electron chi connectivity index (χ1n) is 14.9. The summed E-state index contributed by atoms with van der Waals surface area (Å²) in [4.78, 5) is 27.9. The van der Waals surface area contributed by atoms with Crippen molar-refractivity contribution in [3.05, 3.63) is 76.9 Å². The number of aliphatic hydroxyl groups excluding tert-OH is 1. The molecule has 1 fully saturated rings. The van der Waals surface area contributed by atoms with Crippen molar-refractivity contribution in [2.24, 2.45) is 0 Å². The molecule has 3 rings (SSSR count). The van der Waals surface area contributed by atoms with Gasteiger partial charge >= 0.3 is 0 Å². The van der Waals surface area contributed by atoms with Gasteiger partial charge in [0.1, 0.15) is 5.76 Å². The largest absolute Gasteiger partial charge is 0.507 e. The van der Waals surface area contributed by atoms with E-state index in [9.17, 15) is 14.7 Å². The van der Waals surface area contributed by atoms with Crippen LogP contribution in [0.5, 0.6) is 0 Å². The van der Waals surface area contributed by atoms with Crippen LogP contribution in [-0.4, -0.2) is 28.2 Å². The van der Waals surface area contributed by atoms with Gasteiger partial charge in [-0.25, -0.2) is 0 Å². The second kappa shape index (κ2) is 16.2. The quantitative estimate of drug-likeness (QED) is 0.0986. The fourth-order valence-electron chi connectivity index (χ4n) is 5.44. The minimum absolute atomic E-state index is 0.0966. The topological polar surface area (TPSA) is 57.6 Å². The van der Waals surface area contributed by atoms with E-state index in [4.69, 9.17) is 0 Å². The highest BCUT2D eigenvalue weighted by Gasteiger charge is 2.45.